The van der Waals surface area contributed by atoms with Crippen LogP contribution in [0.5, 0.6) is 0 Å². The summed E-state index contributed by atoms with van der Waals surface area (Å²) >= 11 is 5.75. The molecule has 1 aromatic rings. The molecule has 0 atom stereocenters. The first kappa shape index (κ1) is 16.2. The third-order valence-corrected chi connectivity index (χ3v) is 3.08. The van der Waals surface area contributed by atoms with Crippen molar-refractivity contribution < 1.29 is 14.3 Å². The maximum Gasteiger partial charge on any atom is 0.338 e. The van der Waals surface area contributed by atoms with Gasteiger partial charge >= 0.3 is 5.97 Å². The molecule has 1 fully saturated rings. The van der Waals surface area contributed by atoms with Crippen molar-refractivity contribution in [1.29, 1.82) is 0 Å². The van der Waals surface area contributed by atoms with Gasteiger partial charge in [0.2, 0.25) is 0 Å². The SMILES string of the molecule is Cl.O=C(OCCN1CCOCC1)c1ccc(Cl)cc1. The smallest absolute Gasteiger partial charge is 0.338 e. The quantitative estimate of drug-likeness (QED) is 0.800. The van der Waals surface area contributed by atoms with Gasteiger partial charge in [0.1, 0.15) is 6.61 Å². The van der Waals surface area contributed by atoms with E-state index >= 15 is 0 Å². The molecular formula is C13H17Cl2NO3. The van der Waals surface area contributed by atoms with Crippen LogP contribution < -0.4 is 0 Å². The minimum absolute atomic E-state index is 0. The minimum Gasteiger partial charge on any atom is -0.461 e. The molecule has 0 bridgehead atoms. The van der Waals surface area contributed by atoms with Gasteiger partial charge in [-0.1, -0.05) is 11.6 Å². The van der Waals surface area contributed by atoms with Crippen LogP contribution in [0.3, 0.4) is 0 Å². The Kier molecular flexibility index (Phi) is 7.16. The van der Waals surface area contributed by atoms with Gasteiger partial charge in [-0.2, -0.15) is 0 Å². The Morgan fingerprint density at radius 2 is 1.89 bits per heavy atom. The predicted octanol–water partition coefficient (Wildman–Crippen LogP) is 2.25. The van der Waals surface area contributed by atoms with E-state index in [-0.39, 0.29) is 18.4 Å². The van der Waals surface area contributed by atoms with E-state index in [0.717, 1.165) is 32.8 Å². The Labute approximate surface area is 124 Å². The first-order valence-corrected chi connectivity index (χ1v) is 6.36. The Hall–Kier alpha value is -0.810. The standard InChI is InChI=1S/C13H16ClNO3.ClH/c14-12-3-1-11(2-4-12)13(16)18-10-7-15-5-8-17-9-6-15;/h1-4H,5-10H2;1H. The zero-order valence-electron chi connectivity index (χ0n) is 10.5. The van der Waals surface area contributed by atoms with Crippen molar-refractivity contribution in [2.75, 3.05) is 39.5 Å². The summed E-state index contributed by atoms with van der Waals surface area (Å²) in [4.78, 5) is 13.9. The fraction of sp³-hybridized carbons (Fsp3) is 0.462. The lowest BCUT2D eigenvalue weighted by molar-refractivity contribution is 0.0195. The highest BCUT2D eigenvalue weighted by Crippen LogP contribution is 2.10. The van der Waals surface area contributed by atoms with E-state index < -0.39 is 0 Å². The Morgan fingerprint density at radius 1 is 1.26 bits per heavy atom. The maximum absolute atomic E-state index is 11.7. The molecule has 4 nitrogen and oxygen atoms in total. The maximum atomic E-state index is 11.7. The second-order valence-electron chi connectivity index (χ2n) is 4.10. The number of rotatable bonds is 4. The third kappa shape index (κ3) is 5.37. The molecule has 6 heteroatoms. The molecule has 0 amide bonds. The minimum atomic E-state index is -0.306. The van der Waals surface area contributed by atoms with Gasteiger partial charge in [-0.05, 0) is 24.3 Å². The van der Waals surface area contributed by atoms with Crippen molar-refractivity contribution in [3.8, 4) is 0 Å². The van der Waals surface area contributed by atoms with Crippen molar-refractivity contribution in [1.82, 2.24) is 4.90 Å². The van der Waals surface area contributed by atoms with E-state index in [0.29, 0.717) is 17.2 Å². The number of halogens is 2. The van der Waals surface area contributed by atoms with Crippen LogP contribution in [0.4, 0.5) is 0 Å². The number of ether oxygens (including phenoxy) is 2. The molecular weight excluding hydrogens is 289 g/mol. The molecule has 0 radical (unpaired) electrons. The predicted molar refractivity (Wildman–Crippen MR) is 76.2 cm³/mol. The average Bonchev–Trinajstić information content (AvgIpc) is 2.40. The van der Waals surface area contributed by atoms with Crippen molar-refractivity contribution in [3.05, 3.63) is 34.9 Å². The molecule has 1 aromatic carbocycles. The molecule has 1 saturated heterocycles. The second-order valence-corrected chi connectivity index (χ2v) is 4.53. The second kappa shape index (κ2) is 8.38. The Morgan fingerprint density at radius 3 is 2.53 bits per heavy atom. The van der Waals surface area contributed by atoms with Crippen LogP contribution in [0.1, 0.15) is 10.4 Å². The molecule has 1 heterocycles. The van der Waals surface area contributed by atoms with Crippen LogP contribution in [-0.4, -0.2) is 50.3 Å². The largest absolute Gasteiger partial charge is 0.461 e. The number of nitrogens with zero attached hydrogens (tertiary/aromatic N) is 1. The molecule has 0 aromatic heterocycles. The van der Waals surface area contributed by atoms with Crippen LogP contribution in [0.2, 0.25) is 5.02 Å². The topological polar surface area (TPSA) is 38.8 Å². The summed E-state index contributed by atoms with van der Waals surface area (Å²) in [5.74, 6) is -0.306. The molecule has 0 N–H and O–H groups in total. The summed E-state index contributed by atoms with van der Waals surface area (Å²) in [6, 6.07) is 6.69. The lowest BCUT2D eigenvalue weighted by atomic mass is 10.2. The van der Waals surface area contributed by atoms with Crippen LogP contribution in [0, 0.1) is 0 Å². The summed E-state index contributed by atoms with van der Waals surface area (Å²) in [6.07, 6.45) is 0. The average molecular weight is 306 g/mol. The number of benzene rings is 1. The number of carbonyl (C=O) groups excluding carboxylic acids is 1. The van der Waals surface area contributed by atoms with E-state index in [1.165, 1.54) is 0 Å². The van der Waals surface area contributed by atoms with Crippen LogP contribution in [0.15, 0.2) is 24.3 Å². The van der Waals surface area contributed by atoms with E-state index in [1.807, 2.05) is 0 Å². The first-order chi connectivity index (χ1) is 8.75. The van der Waals surface area contributed by atoms with E-state index in [4.69, 9.17) is 21.1 Å². The number of esters is 1. The molecule has 106 valence electrons. The first-order valence-electron chi connectivity index (χ1n) is 5.98. The fourth-order valence-corrected chi connectivity index (χ4v) is 1.89. The molecule has 0 spiro atoms. The molecule has 0 unspecified atom stereocenters. The summed E-state index contributed by atoms with van der Waals surface area (Å²) in [7, 11) is 0. The fourth-order valence-electron chi connectivity index (χ4n) is 1.76. The lowest BCUT2D eigenvalue weighted by Crippen LogP contribution is -2.38. The zero-order valence-corrected chi connectivity index (χ0v) is 12.1. The van der Waals surface area contributed by atoms with Gasteiger partial charge < -0.3 is 9.47 Å². The van der Waals surface area contributed by atoms with Gasteiger partial charge in [-0.25, -0.2) is 4.79 Å². The highest BCUT2D eigenvalue weighted by atomic mass is 35.5. The van der Waals surface area contributed by atoms with E-state index in [9.17, 15) is 4.79 Å². The van der Waals surface area contributed by atoms with Gasteiger partial charge in [0.05, 0.1) is 18.8 Å². The zero-order chi connectivity index (χ0) is 12.8. The summed E-state index contributed by atoms with van der Waals surface area (Å²) in [6.45, 7) is 4.47. The van der Waals surface area contributed by atoms with Crippen molar-refractivity contribution >= 4 is 30.0 Å². The summed E-state index contributed by atoms with van der Waals surface area (Å²) < 4.78 is 10.5. The lowest BCUT2D eigenvalue weighted by Gasteiger charge is -2.26. The van der Waals surface area contributed by atoms with Crippen molar-refractivity contribution in [2.45, 2.75) is 0 Å². The van der Waals surface area contributed by atoms with Gasteiger partial charge in [0.15, 0.2) is 0 Å². The van der Waals surface area contributed by atoms with Gasteiger partial charge in [-0.3, -0.25) is 4.90 Å². The van der Waals surface area contributed by atoms with Crippen molar-refractivity contribution in [2.24, 2.45) is 0 Å². The van der Waals surface area contributed by atoms with Crippen LogP contribution >= 0.6 is 24.0 Å². The third-order valence-electron chi connectivity index (χ3n) is 2.82. The van der Waals surface area contributed by atoms with E-state index in [1.54, 1.807) is 24.3 Å². The normalized spacial score (nSPS) is 15.6. The highest BCUT2D eigenvalue weighted by molar-refractivity contribution is 6.30. The summed E-state index contributed by atoms with van der Waals surface area (Å²) in [5.41, 5.74) is 0.529. The van der Waals surface area contributed by atoms with Crippen LogP contribution in [-0.2, 0) is 9.47 Å². The number of morpholine rings is 1. The summed E-state index contributed by atoms with van der Waals surface area (Å²) in [5, 5.41) is 0.611. The number of hydrogen-bond acceptors (Lipinski definition) is 4. The highest BCUT2D eigenvalue weighted by Gasteiger charge is 2.11. The number of carbonyl (C=O) groups is 1. The van der Waals surface area contributed by atoms with Gasteiger partial charge in [0, 0.05) is 24.7 Å². The molecule has 0 aliphatic carbocycles. The molecule has 19 heavy (non-hydrogen) atoms. The molecule has 1 aliphatic rings. The van der Waals surface area contributed by atoms with Gasteiger partial charge in [0.25, 0.3) is 0 Å². The monoisotopic (exact) mass is 305 g/mol. The van der Waals surface area contributed by atoms with Crippen molar-refractivity contribution in [3.63, 3.8) is 0 Å². The van der Waals surface area contributed by atoms with Crippen LogP contribution in [0.25, 0.3) is 0 Å². The Bertz CT molecular complexity index is 391. The molecule has 1 aliphatic heterocycles. The molecule has 2 rings (SSSR count). The van der Waals surface area contributed by atoms with E-state index in [2.05, 4.69) is 4.90 Å². The Balaban J connectivity index is 0.00000180. The number of hydrogen-bond donors (Lipinski definition) is 0. The van der Waals surface area contributed by atoms with Gasteiger partial charge in [-0.15, -0.1) is 12.4 Å². The molecule has 0 saturated carbocycles.